The molecule has 84 valence electrons. The van der Waals surface area contributed by atoms with Crippen LogP contribution < -0.4 is 5.32 Å². The van der Waals surface area contributed by atoms with Gasteiger partial charge < -0.3 is 4.98 Å². The first kappa shape index (κ1) is 10.3. The number of para-hydroxylation sites is 1. The Kier molecular flexibility index (Phi) is 2.16. The highest BCUT2D eigenvalue weighted by Crippen LogP contribution is 2.30. The molecule has 5 heteroatoms. The Balaban J connectivity index is 2.26. The van der Waals surface area contributed by atoms with Crippen molar-refractivity contribution in [3.63, 3.8) is 0 Å². The molecule has 0 bridgehead atoms. The van der Waals surface area contributed by atoms with Crippen molar-refractivity contribution in [2.24, 2.45) is 0 Å². The zero-order valence-electron chi connectivity index (χ0n) is 8.58. The largest absolute Gasteiger partial charge is 0.360 e. The van der Waals surface area contributed by atoms with Crippen molar-refractivity contribution in [3.8, 4) is 0 Å². The van der Waals surface area contributed by atoms with Crippen LogP contribution >= 0.6 is 15.9 Å². The van der Waals surface area contributed by atoms with Crippen LogP contribution in [0.15, 0.2) is 34.9 Å². The van der Waals surface area contributed by atoms with Gasteiger partial charge in [-0.25, -0.2) is 0 Å². The maximum atomic E-state index is 11.6. The number of hydrogen-bond donors (Lipinski definition) is 2. The van der Waals surface area contributed by atoms with E-state index in [2.05, 4.69) is 26.2 Å². The summed E-state index contributed by atoms with van der Waals surface area (Å²) in [5, 5.41) is 3.15. The summed E-state index contributed by atoms with van der Waals surface area (Å²) >= 11 is 3.43. The molecule has 0 atom stereocenters. The number of carbonyl (C=O) groups excluding carboxylic acids is 2. The molecule has 4 nitrogen and oxygen atoms in total. The van der Waals surface area contributed by atoms with E-state index in [9.17, 15) is 9.59 Å². The van der Waals surface area contributed by atoms with Gasteiger partial charge in [0, 0.05) is 27.7 Å². The third kappa shape index (κ3) is 1.51. The number of halogens is 1. The first-order valence-electron chi connectivity index (χ1n) is 5.00. The molecular weight excluding hydrogens is 284 g/mol. The van der Waals surface area contributed by atoms with Crippen molar-refractivity contribution in [2.45, 2.75) is 0 Å². The van der Waals surface area contributed by atoms with Gasteiger partial charge in [0.25, 0.3) is 11.8 Å². The normalized spacial score (nSPS) is 15.2. The topological polar surface area (TPSA) is 62.0 Å². The summed E-state index contributed by atoms with van der Waals surface area (Å²) in [5.41, 5.74) is 2.06. The van der Waals surface area contributed by atoms with Crippen LogP contribution in [0.2, 0.25) is 0 Å². The zero-order valence-corrected chi connectivity index (χ0v) is 10.2. The highest BCUT2D eigenvalue weighted by atomic mass is 79.9. The van der Waals surface area contributed by atoms with E-state index in [-0.39, 0.29) is 11.8 Å². The number of aromatic amines is 1. The average molecular weight is 291 g/mol. The molecule has 1 aromatic carbocycles. The lowest BCUT2D eigenvalue weighted by molar-refractivity contribution is -0.123. The molecule has 0 radical (unpaired) electrons. The van der Waals surface area contributed by atoms with E-state index in [1.807, 2.05) is 18.2 Å². The minimum atomic E-state index is -0.366. The number of H-pyrrole nitrogens is 1. The predicted molar refractivity (Wildman–Crippen MR) is 67.1 cm³/mol. The van der Waals surface area contributed by atoms with Crippen LogP contribution in [0.5, 0.6) is 0 Å². The predicted octanol–water partition coefficient (Wildman–Crippen LogP) is 1.97. The Morgan fingerprint density at radius 2 is 2.00 bits per heavy atom. The Morgan fingerprint density at radius 3 is 2.71 bits per heavy atom. The number of carbonyl (C=O) groups is 2. The molecule has 0 saturated heterocycles. The highest BCUT2D eigenvalue weighted by Gasteiger charge is 2.24. The minimum absolute atomic E-state index is 0.351. The molecule has 2 aromatic rings. The van der Waals surface area contributed by atoms with Crippen LogP contribution in [-0.4, -0.2) is 16.8 Å². The second kappa shape index (κ2) is 3.56. The van der Waals surface area contributed by atoms with Crippen LogP contribution in [0, 0.1) is 0 Å². The minimum Gasteiger partial charge on any atom is -0.360 e. The number of aromatic nitrogens is 1. The van der Waals surface area contributed by atoms with Gasteiger partial charge in [0.15, 0.2) is 0 Å². The number of nitrogens with one attached hydrogen (secondary N) is 2. The molecule has 1 aromatic heterocycles. The van der Waals surface area contributed by atoms with E-state index < -0.39 is 0 Å². The Bertz CT molecular complexity index is 685. The number of amides is 2. The lowest BCUT2D eigenvalue weighted by Gasteiger charge is -1.98. The third-order valence-electron chi connectivity index (χ3n) is 2.71. The van der Waals surface area contributed by atoms with E-state index in [1.165, 1.54) is 6.08 Å². The molecule has 2 N–H and O–H groups in total. The first-order chi connectivity index (χ1) is 8.16. The SMILES string of the molecule is O=C1C=C(c2c[nH]c3c(Br)cccc23)C(=O)N1. The molecule has 17 heavy (non-hydrogen) atoms. The summed E-state index contributed by atoms with van der Waals surface area (Å²) in [7, 11) is 0. The van der Waals surface area contributed by atoms with Gasteiger partial charge in [0.1, 0.15) is 0 Å². The van der Waals surface area contributed by atoms with Gasteiger partial charge in [-0.05, 0) is 22.0 Å². The molecule has 1 aliphatic rings. The maximum absolute atomic E-state index is 11.6. The summed E-state index contributed by atoms with van der Waals surface area (Å²) in [4.78, 5) is 25.8. The van der Waals surface area contributed by atoms with Crippen molar-refractivity contribution in [1.82, 2.24) is 10.3 Å². The van der Waals surface area contributed by atoms with Gasteiger partial charge in [0.2, 0.25) is 0 Å². The summed E-state index contributed by atoms with van der Waals surface area (Å²) < 4.78 is 0.923. The smallest absolute Gasteiger partial charge is 0.258 e. The molecule has 1 aliphatic heterocycles. The quantitative estimate of drug-likeness (QED) is 0.789. The second-order valence-electron chi connectivity index (χ2n) is 3.74. The number of benzene rings is 1. The summed E-state index contributed by atoms with van der Waals surface area (Å²) in [6, 6.07) is 5.71. The van der Waals surface area contributed by atoms with Crippen molar-refractivity contribution in [3.05, 3.63) is 40.5 Å². The maximum Gasteiger partial charge on any atom is 0.258 e. The Morgan fingerprint density at radius 1 is 1.18 bits per heavy atom. The zero-order chi connectivity index (χ0) is 12.0. The van der Waals surface area contributed by atoms with Crippen LogP contribution in [0.1, 0.15) is 5.56 Å². The lowest BCUT2D eigenvalue weighted by Crippen LogP contribution is -2.21. The lowest BCUT2D eigenvalue weighted by atomic mass is 10.1. The molecule has 0 saturated carbocycles. The molecule has 0 spiro atoms. The summed E-state index contributed by atoms with van der Waals surface area (Å²) in [6.07, 6.45) is 3.06. The van der Waals surface area contributed by atoms with Crippen LogP contribution in [-0.2, 0) is 9.59 Å². The van der Waals surface area contributed by atoms with Crippen molar-refractivity contribution < 1.29 is 9.59 Å². The van der Waals surface area contributed by atoms with Crippen molar-refractivity contribution in [2.75, 3.05) is 0 Å². The number of hydrogen-bond acceptors (Lipinski definition) is 2. The van der Waals surface area contributed by atoms with Gasteiger partial charge in [-0.15, -0.1) is 0 Å². The number of rotatable bonds is 1. The van der Waals surface area contributed by atoms with Gasteiger partial charge in [-0.1, -0.05) is 12.1 Å². The fourth-order valence-electron chi connectivity index (χ4n) is 1.95. The van der Waals surface area contributed by atoms with Gasteiger partial charge in [-0.2, -0.15) is 0 Å². The Hall–Kier alpha value is -1.88. The monoisotopic (exact) mass is 290 g/mol. The summed E-state index contributed by atoms with van der Waals surface area (Å²) in [5.74, 6) is -0.717. The van der Waals surface area contributed by atoms with E-state index in [0.717, 1.165) is 20.9 Å². The molecule has 3 rings (SSSR count). The first-order valence-corrected chi connectivity index (χ1v) is 5.79. The van der Waals surface area contributed by atoms with Crippen molar-refractivity contribution >= 4 is 44.2 Å². The molecule has 2 amide bonds. The van der Waals surface area contributed by atoms with Gasteiger partial charge in [0.05, 0.1) is 11.1 Å². The standard InChI is InChI=1S/C12H7BrN2O2/c13-9-3-1-2-6-8(5-14-11(6)9)7-4-10(16)15-12(7)17/h1-5,14H,(H,15,16,17). The van der Waals surface area contributed by atoms with Crippen LogP contribution in [0.25, 0.3) is 16.5 Å². The van der Waals surface area contributed by atoms with Gasteiger partial charge in [-0.3, -0.25) is 14.9 Å². The molecule has 0 aliphatic carbocycles. The van der Waals surface area contributed by atoms with Gasteiger partial charge >= 0.3 is 0 Å². The Labute approximate surface area is 105 Å². The number of fused-ring (bicyclic) bond motifs is 1. The molecule has 2 heterocycles. The van der Waals surface area contributed by atoms with Crippen LogP contribution in [0.3, 0.4) is 0 Å². The van der Waals surface area contributed by atoms with Crippen molar-refractivity contribution in [1.29, 1.82) is 0 Å². The van der Waals surface area contributed by atoms with E-state index >= 15 is 0 Å². The van der Waals surface area contributed by atoms with E-state index in [0.29, 0.717) is 5.57 Å². The average Bonchev–Trinajstić information content (AvgIpc) is 2.83. The number of imide groups is 1. The highest BCUT2D eigenvalue weighted by molar-refractivity contribution is 9.10. The molecule has 0 fully saturated rings. The second-order valence-corrected chi connectivity index (χ2v) is 4.60. The third-order valence-corrected chi connectivity index (χ3v) is 3.37. The van der Waals surface area contributed by atoms with Crippen LogP contribution in [0.4, 0.5) is 0 Å². The summed E-state index contributed by atoms with van der Waals surface area (Å²) in [6.45, 7) is 0. The van der Waals surface area contributed by atoms with E-state index in [4.69, 9.17) is 0 Å². The van der Waals surface area contributed by atoms with E-state index in [1.54, 1.807) is 6.20 Å². The fraction of sp³-hybridized carbons (Fsp3) is 0. The molecular formula is C12H7BrN2O2. The fourth-order valence-corrected chi connectivity index (χ4v) is 2.43. The molecule has 0 unspecified atom stereocenters.